The molecule has 2 rings (SSSR count). The number of aliphatic hydroxyl groups is 2. The molecular formula is C16H23FN2O4. The summed E-state index contributed by atoms with van der Waals surface area (Å²) < 4.78 is 18.2. The van der Waals surface area contributed by atoms with Crippen molar-refractivity contribution in [1.82, 2.24) is 10.6 Å². The van der Waals surface area contributed by atoms with Crippen LogP contribution in [0.2, 0.25) is 0 Å². The van der Waals surface area contributed by atoms with Crippen molar-refractivity contribution in [2.24, 2.45) is 0 Å². The summed E-state index contributed by atoms with van der Waals surface area (Å²) in [6, 6.07) is 5.34. The van der Waals surface area contributed by atoms with Crippen LogP contribution in [0.15, 0.2) is 24.3 Å². The Labute approximate surface area is 134 Å². The molecule has 2 amide bonds. The van der Waals surface area contributed by atoms with E-state index in [4.69, 9.17) is 4.74 Å². The molecule has 128 valence electrons. The highest BCUT2D eigenvalue weighted by molar-refractivity contribution is 5.74. The predicted molar refractivity (Wildman–Crippen MR) is 82.7 cm³/mol. The molecule has 1 atom stereocenters. The topological polar surface area (TPSA) is 90.8 Å². The Morgan fingerprint density at radius 1 is 1.35 bits per heavy atom. The standard InChI is InChI=1S/C16H23FN2O4/c17-11-2-1-3-15(8-11)23-10-14(21)9-18-16(22)19-12-4-6-13(20)7-5-12/h1-3,8,12-14,20-21H,4-7,9-10H2,(H2,18,19,22)/t12?,13?,14-/m0/s1. The van der Waals surface area contributed by atoms with Crippen molar-refractivity contribution in [2.45, 2.75) is 43.9 Å². The summed E-state index contributed by atoms with van der Waals surface area (Å²) in [5.41, 5.74) is 0. The van der Waals surface area contributed by atoms with Crippen LogP contribution in [0, 0.1) is 5.82 Å². The van der Waals surface area contributed by atoms with E-state index >= 15 is 0 Å². The third-order valence-electron chi connectivity index (χ3n) is 3.77. The zero-order chi connectivity index (χ0) is 16.7. The molecule has 0 heterocycles. The smallest absolute Gasteiger partial charge is 0.315 e. The minimum absolute atomic E-state index is 0.0382. The van der Waals surface area contributed by atoms with Crippen LogP contribution in [-0.4, -0.2) is 47.6 Å². The number of carbonyl (C=O) groups excluding carboxylic acids is 1. The van der Waals surface area contributed by atoms with Gasteiger partial charge in [-0.25, -0.2) is 9.18 Å². The normalized spacial score (nSPS) is 22.2. The van der Waals surface area contributed by atoms with Gasteiger partial charge in [0.25, 0.3) is 0 Å². The van der Waals surface area contributed by atoms with Crippen LogP contribution >= 0.6 is 0 Å². The average molecular weight is 326 g/mol. The highest BCUT2D eigenvalue weighted by Gasteiger charge is 2.20. The number of benzene rings is 1. The SMILES string of the molecule is O=C(NC[C@H](O)COc1cccc(F)c1)NC1CCC(O)CC1. The summed E-state index contributed by atoms with van der Waals surface area (Å²) in [5, 5.41) is 24.6. The van der Waals surface area contributed by atoms with Gasteiger partial charge < -0.3 is 25.6 Å². The minimum Gasteiger partial charge on any atom is -0.491 e. The summed E-state index contributed by atoms with van der Waals surface area (Å²) >= 11 is 0. The molecule has 0 unspecified atom stereocenters. The molecule has 1 aromatic rings. The van der Waals surface area contributed by atoms with Crippen molar-refractivity contribution < 1.29 is 24.1 Å². The first-order valence-corrected chi connectivity index (χ1v) is 7.82. The first kappa shape index (κ1) is 17.5. The molecule has 0 radical (unpaired) electrons. The highest BCUT2D eigenvalue weighted by atomic mass is 19.1. The molecule has 1 aliphatic carbocycles. The number of aliphatic hydroxyl groups excluding tert-OH is 2. The minimum atomic E-state index is -0.891. The lowest BCUT2D eigenvalue weighted by Gasteiger charge is -2.26. The third-order valence-corrected chi connectivity index (χ3v) is 3.77. The Bertz CT molecular complexity index is 507. The summed E-state index contributed by atoms with van der Waals surface area (Å²) in [4.78, 5) is 11.7. The fourth-order valence-corrected chi connectivity index (χ4v) is 2.48. The van der Waals surface area contributed by atoms with Gasteiger partial charge in [-0.3, -0.25) is 0 Å². The number of halogens is 1. The van der Waals surface area contributed by atoms with Gasteiger partial charge in [-0.15, -0.1) is 0 Å². The van der Waals surface area contributed by atoms with Gasteiger partial charge in [-0.1, -0.05) is 6.07 Å². The molecule has 23 heavy (non-hydrogen) atoms. The number of amides is 2. The van der Waals surface area contributed by atoms with E-state index in [9.17, 15) is 19.4 Å². The van der Waals surface area contributed by atoms with Gasteiger partial charge in [0, 0.05) is 18.7 Å². The highest BCUT2D eigenvalue weighted by Crippen LogP contribution is 2.18. The van der Waals surface area contributed by atoms with E-state index < -0.39 is 11.9 Å². The van der Waals surface area contributed by atoms with Crippen molar-refractivity contribution in [3.63, 3.8) is 0 Å². The van der Waals surface area contributed by atoms with Gasteiger partial charge >= 0.3 is 6.03 Å². The number of ether oxygens (including phenoxy) is 1. The van der Waals surface area contributed by atoms with E-state index in [1.54, 1.807) is 6.07 Å². The zero-order valence-electron chi connectivity index (χ0n) is 12.9. The predicted octanol–water partition coefficient (Wildman–Crippen LogP) is 1.17. The van der Waals surface area contributed by atoms with E-state index in [2.05, 4.69) is 10.6 Å². The molecule has 4 N–H and O–H groups in total. The molecule has 0 saturated heterocycles. The average Bonchev–Trinajstić information content (AvgIpc) is 2.53. The summed E-state index contributed by atoms with van der Waals surface area (Å²) in [6.45, 7) is -0.00412. The maximum atomic E-state index is 13.0. The molecule has 7 heteroatoms. The molecular weight excluding hydrogens is 303 g/mol. The largest absolute Gasteiger partial charge is 0.491 e. The molecule has 0 bridgehead atoms. The van der Waals surface area contributed by atoms with Crippen LogP contribution < -0.4 is 15.4 Å². The van der Waals surface area contributed by atoms with Crippen molar-refractivity contribution in [3.05, 3.63) is 30.1 Å². The van der Waals surface area contributed by atoms with Gasteiger partial charge in [-0.2, -0.15) is 0 Å². The Hall–Kier alpha value is -1.86. The summed E-state index contributed by atoms with van der Waals surface area (Å²) in [6.07, 6.45) is 1.72. The molecule has 1 saturated carbocycles. The van der Waals surface area contributed by atoms with Crippen LogP contribution in [0.3, 0.4) is 0 Å². The molecule has 0 aliphatic heterocycles. The van der Waals surface area contributed by atoms with E-state index in [1.807, 2.05) is 0 Å². The van der Waals surface area contributed by atoms with Crippen LogP contribution in [-0.2, 0) is 0 Å². The second kappa shape index (κ2) is 8.69. The zero-order valence-corrected chi connectivity index (χ0v) is 12.9. The lowest BCUT2D eigenvalue weighted by molar-refractivity contribution is 0.105. The lowest BCUT2D eigenvalue weighted by Crippen LogP contribution is -2.46. The molecule has 1 aromatic carbocycles. The number of nitrogens with one attached hydrogen (secondary N) is 2. The first-order valence-electron chi connectivity index (χ1n) is 7.82. The van der Waals surface area contributed by atoms with E-state index in [-0.39, 0.29) is 31.3 Å². The van der Waals surface area contributed by atoms with Crippen LogP contribution in [0.5, 0.6) is 5.75 Å². The van der Waals surface area contributed by atoms with Crippen molar-refractivity contribution in [2.75, 3.05) is 13.2 Å². The van der Waals surface area contributed by atoms with Gasteiger partial charge in [0.05, 0.1) is 6.10 Å². The fraction of sp³-hybridized carbons (Fsp3) is 0.562. The fourth-order valence-electron chi connectivity index (χ4n) is 2.48. The summed E-state index contributed by atoms with van der Waals surface area (Å²) in [7, 11) is 0. The molecule has 1 aliphatic rings. The van der Waals surface area contributed by atoms with E-state index in [1.165, 1.54) is 18.2 Å². The first-order chi connectivity index (χ1) is 11.0. The van der Waals surface area contributed by atoms with Crippen molar-refractivity contribution in [1.29, 1.82) is 0 Å². The number of rotatable bonds is 6. The quantitative estimate of drug-likeness (QED) is 0.631. The number of hydrogen-bond donors (Lipinski definition) is 4. The Kier molecular flexibility index (Phi) is 6.61. The van der Waals surface area contributed by atoms with E-state index in [0.717, 1.165) is 12.8 Å². The molecule has 0 aromatic heterocycles. The van der Waals surface area contributed by atoms with Crippen LogP contribution in [0.25, 0.3) is 0 Å². The molecule has 0 spiro atoms. The Morgan fingerprint density at radius 3 is 2.78 bits per heavy atom. The van der Waals surface area contributed by atoms with Gasteiger partial charge in [0.15, 0.2) is 0 Å². The van der Waals surface area contributed by atoms with Gasteiger partial charge in [0.1, 0.15) is 24.3 Å². The second-order valence-corrected chi connectivity index (χ2v) is 5.78. The van der Waals surface area contributed by atoms with Crippen LogP contribution in [0.4, 0.5) is 9.18 Å². The molecule has 6 nitrogen and oxygen atoms in total. The van der Waals surface area contributed by atoms with Gasteiger partial charge in [0.2, 0.25) is 0 Å². The third kappa shape index (κ3) is 6.42. The van der Waals surface area contributed by atoms with Crippen LogP contribution in [0.1, 0.15) is 25.7 Å². The van der Waals surface area contributed by atoms with E-state index in [0.29, 0.717) is 18.6 Å². The molecule has 1 fully saturated rings. The summed E-state index contributed by atoms with van der Waals surface area (Å²) in [5.74, 6) is -0.0821. The van der Waals surface area contributed by atoms with Crippen molar-refractivity contribution in [3.8, 4) is 5.75 Å². The number of carbonyl (C=O) groups is 1. The van der Waals surface area contributed by atoms with Crippen molar-refractivity contribution >= 4 is 6.03 Å². The number of hydrogen-bond acceptors (Lipinski definition) is 4. The maximum Gasteiger partial charge on any atom is 0.315 e. The second-order valence-electron chi connectivity index (χ2n) is 5.78. The maximum absolute atomic E-state index is 13.0. The lowest BCUT2D eigenvalue weighted by atomic mass is 9.93. The monoisotopic (exact) mass is 326 g/mol. The number of urea groups is 1. The Balaban J connectivity index is 1.62. The Morgan fingerprint density at radius 2 is 2.09 bits per heavy atom. The van der Waals surface area contributed by atoms with Gasteiger partial charge in [-0.05, 0) is 37.8 Å².